The Hall–Kier alpha value is -0.980. The predicted molar refractivity (Wildman–Crippen MR) is 67.4 cm³/mol. The second-order valence-corrected chi connectivity index (χ2v) is 5.65. The maximum atomic E-state index is 8.84. The van der Waals surface area contributed by atoms with Crippen LogP contribution in [-0.4, -0.2) is 11.3 Å². The fourth-order valence-electron chi connectivity index (χ4n) is 1.90. The highest BCUT2D eigenvalue weighted by molar-refractivity contribution is 7.99. The molecule has 1 aliphatic rings. The number of fused-ring (bicyclic) bond motifs is 1. The van der Waals surface area contributed by atoms with Crippen LogP contribution < -0.4 is 5.73 Å². The largest absolute Gasteiger partial charge is 0.313 e. The van der Waals surface area contributed by atoms with Gasteiger partial charge in [0.05, 0.1) is 6.07 Å². The molecule has 1 aromatic rings. The van der Waals surface area contributed by atoms with Crippen molar-refractivity contribution in [3.05, 3.63) is 29.3 Å². The van der Waals surface area contributed by atoms with Crippen LogP contribution in [0.3, 0.4) is 0 Å². The van der Waals surface area contributed by atoms with Gasteiger partial charge >= 0.3 is 0 Å². The number of thioether (sulfide) groups is 1. The minimum absolute atomic E-state index is 0.641. The van der Waals surface area contributed by atoms with E-state index in [0.717, 1.165) is 0 Å². The number of rotatable bonds is 3. The molecule has 2 nitrogen and oxygen atoms in total. The molecule has 2 rings (SSSR count). The quantitative estimate of drug-likeness (QED) is 0.815. The minimum Gasteiger partial charge on any atom is -0.313 e. The van der Waals surface area contributed by atoms with E-state index in [1.165, 1.54) is 35.3 Å². The molecule has 2 N–H and O–H groups in total. The molecule has 1 atom stereocenters. The molecule has 0 amide bonds. The number of hydrogen-bond donors (Lipinski definition) is 1. The molecule has 0 saturated heterocycles. The zero-order valence-corrected chi connectivity index (χ0v) is 10.3. The van der Waals surface area contributed by atoms with Crippen LogP contribution in [0.2, 0.25) is 0 Å². The minimum atomic E-state index is -0.732. The van der Waals surface area contributed by atoms with Crippen molar-refractivity contribution in [2.75, 3.05) is 5.75 Å². The highest BCUT2D eigenvalue weighted by atomic mass is 32.2. The normalized spacial score (nSPS) is 17.6. The second-order valence-electron chi connectivity index (χ2n) is 4.60. The van der Waals surface area contributed by atoms with Gasteiger partial charge in [-0.05, 0) is 49.4 Å². The molecule has 16 heavy (non-hydrogen) atoms. The van der Waals surface area contributed by atoms with Gasteiger partial charge in [-0.2, -0.15) is 5.26 Å². The van der Waals surface area contributed by atoms with Crippen molar-refractivity contribution in [2.45, 2.75) is 36.6 Å². The van der Waals surface area contributed by atoms with Crippen LogP contribution in [0.25, 0.3) is 0 Å². The van der Waals surface area contributed by atoms with Gasteiger partial charge in [-0.3, -0.25) is 0 Å². The lowest BCUT2D eigenvalue weighted by molar-refractivity contribution is 0.682. The Morgan fingerprint density at radius 2 is 2.19 bits per heavy atom. The standard InChI is InChI=1S/C13H16N2S/c1-13(15,8-14)9-16-12-6-5-10-3-2-4-11(10)7-12/h5-7H,2-4,9,15H2,1H3. The van der Waals surface area contributed by atoms with Gasteiger partial charge in [0.1, 0.15) is 5.54 Å². The van der Waals surface area contributed by atoms with Crippen LogP contribution in [0.15, 0.2) is 23.1 Å². The molecule has 0 heterocycles. The molecule has 0 fully saturated rings. The Labute approximate surface area is 101 Å². The first kappa shape index (κ1) is 11.5. The van der Waals surface area contributed by atoms with Crippen molar-refractivity contribution in [1.82, 2.24) is 0 Å². The van der Waals surface area contributed by atoms with Gasteiger partial charge in [-0.1, -0.05) is 6.07 Å². The summed E-state index contributed by atoms with van der Waals surface area (Å²) in [5.74, 6) is 0.641. The van der Waals surface area contributed by atoms with Gasteiger partial charge in [0, 0.05) is 10.6 Å². The third-order valence-electron chi connectivity index (χ3n) is 2.86. The zero-order chi connectivity index (χ0) is 11.6. The Morgan fingerprint density at radius 3 is 2.94 bits per heavy atom. The Morgan fingerprint density at radius 1 is 1.44 bits per heavy atom. The fraction of sp³-hybridized carbons (Fsp3) is 0.462. The Balaban J connectivity index is 2.04. The summed E-state index contributed by atoms with van der Waals surface area (Å²) in [6.45, 7) is 1.77. The summed E-state index contributed by atoms with van der Waals surface area (Å²) in [6, 6.07) is 8.73. The highest BCUT2D eigenvalue weighted by Gasteiger charge is 2.18. The SMILES string of the molecule is CC(N)(C#N)CSc1ccc2c(c1)CCC2. The first-order valence-electron chi connectivity index (χ1n) is 5.55. The third kappa shape index (κ3) is 2.58. The highest BCUT2D eigenvalue weighted by Crippen LogP contribution is 2.28. The van der Waals surface area contributed by atoms with Crippen LogP contribution >= 0.6 is 11.8 Å². The van der Waals surface area contributed by atoms with Crippen LogP contribution in [0, 0.1) is 11.3 Å². The van der Waals surface area contributed by atoms with E-state index in [1.807, 2.05) is 0 Å². The number of nitriles is 1. The molecule has 0 radical (unpaired) electrons. The van der Waals surface area contributed by atoms with Crippen molar-refractivity contribution in [1.29, 1.82) is 5.26 Å². The van der Waals surface area contributed by atoms with Crippen LogP contribution in [0.1, 0.15) is 24.5 Å². The molecular weight excluding hydrogens is 216 g/mol. The van der Waals surface area contributed by atoms with E-state index in [2.05, 4.69) is 24.3 Å². The summed E-state index contributed by atoms with van der Waals surface area (Å²) in [5.41, 5.74) is 8.02. The average Bonchev–Trinajstić information content (AvgIpc) is 2.73. The maximum Gasteiger partial charge on any atom is 0.110 e. The lowest BCUT2D eigenvalue weighted by atomic mass is 10.1. The van der Waals surface area contributed by atoms with E-state index in [-0.39, 0.29) is 0 Å². The number of hydrogen-bond acceptors (Lipinski definition) is 3. The summed E-state index contributed by atoms with van der Waals surface area (Å²) >= 11 is 1.67. The average molecular weight is 232 g/mol. The van der Waals surface area contributed by atoms with E-state index in [1.54, 1.807) is 18.7 Å². The topological polar surface area (TPSA) is 49.8 Å². The molecular formula is C13H16N2S. The zero-order valence-electron chi connectivity index (χ0n) is 9.49. The summed E-state index contributed by atoms with van der Waals surface area (Å²) in [7, 11) is 0. The molecule has 0 saturated carbocycles. The second kappa shape index (κ2) is 4.48. The van der Waals surface area contributed by atoms with E-state index >= 15 is 0 Å². The van der Waals surface area contributed by atoms with E-state index < -0.39 is 5.54 Å². The molecule has 3 heteroatoms. The number of nitrogens with zero attached hydrogens (tertiary/aromatic N) is 1. The Kier molecular flexibility index (Phi) is 3.22. The van der Waals surface area contributed by atoms with Crippen LogP contribution in [0.5, 0.6) is 0 Å². The summed E-state index contributed by atoms with van der Waals surface area (Å²) in [5, 5.41) is 8.84. The lowest BCUT2D eigenvalue weighted by Gasteiger charge is -2.14. The molecule has 1 aromatic carbocycles. The molecule has 0 aliphatic heterocycles. The van der Waals surface area contributed by atoms with Crippen molar-refractivity contribution in [3.8, 4) is 6.07 Å². The van der Waals surface area contributed by atoms with Crippen molar-refractivity contribution >= 4 is 11.8 Å². The van der Waals surface area contributed by atoms with Gasteiger partial charge in [0.25, 0.3) is 0 Å². The fourth-order valence-corrected chi connectivity index (χ4v) is 2.82. The first-order valence-corrected chi connectivity index (χ1v) is 6.54. The van der Waals surface area contributed by atoms with E-state index in [4.69, 9.17) is 11.0 Å². The Bertz CT molecular complexity index is 432. The summed E-state index contributed by atoms with van der Waals surface area (Å²) in [4.78, 5) is 1.23. The van der Waals surface area contributed by atoms with Crippen molar-refractivity contribution < 1.29 is 0 Å². The lowest BCUT2D eigenvalue weighted by Crippen LogP contribution is -2.36. The molecule has 1 aliphatic carbocycles. The van der Waals surface area contributed by atoms with Gasteiger partial charge in [0.2, 0.25) is 0 Å². The van der Waals surface area contributed by atoms with Gasteiger partial charge in [0.15, 0.2) is 0 Å². The number of aryl methyl sites for hydroxylation is 2. The van der Waals surface area contributed by atoms with E-state index in [0.29, 0.717) is 5.75 Å². The molecule has 0 spiro atoms. The smallest absolute Gasteiger partial charge is 0.110 e. The van der Waals surface area contributed by atoms with E-state index in [9.17, 15) is 0 Å². The predicted octanol–water partition coefficient (Wildman–Crippen LogP) is 2.51. The van der Waals surface area contributed by atoms with Gasteiger partial charge in [-0.15, -0.1) is 11.8 Å². The third-order valence-corrected chi connectivity index (χ3v) is 4.20. The van der Waals surface area contributed by atoms with Gasteiger partial charge in [-0.25, -0.2) is 0 Å². The van der Waals surface area contributed by atoms with Crippen LogP contribution in [-0.2, 0) is 12.8 Å². The van der Waals surface area contributed by atoms with Gasteiger partial charge < -0.3 is 5.73 Å². The molecule has 0 bridgehead atoms. The van der Waals surface area contributed by atoms with Crippen molar-refractivity contribution in [2.24, 2.45) is 5.73 Å². The monoisotopic (exact) mass is 232 g/mol. The first-order chi connectivity index (χ1) is 7.61. The summed E-state index contributed by atoms with van der Waals surface area (Å²) in [6.07, 6.45) is 3.69. The summed E-state index contributed by atoms with van der Waals surface area (Å²) < 4.78 is 0. The molecule has 1 unspecified atom stereocenters. The number of nitrogens with two attached hydrogens (primary N) is 1. The van der Waals surface area contributed by atoms with Crippen molar-refractivity contribution in [3.63, 3.8) is 0 Å². The maximum absolute atomic E-state index is 8.84. The molecule has 84 valence electrons. The molecule has 0 aromatic heterocycles. The number of benzene rings is 1. The van der Waals surface area contributed by atoms with Crippen LogP contribution in [0.4, 0.5) is 0 Å².